The topological polar surface area (TPSA) is 99.9 Å². The molecule has 3 aromatic rings. The van der Waals surface area contributed by atoms with E-state index in [1.165, 1.54) is 12.8 Å². The molecule has 10 nitrogen and oxygen atoms in total. The first kappa shape index (κ1) is 28.2. The molecule has 1 unspecified atom stereocenters. The third kappa shape index (κ3) is 5.72. The molecule has 42 heavy (non-hydrogen) atoms. The van der Waals surface area contributed by atoms with Gasteiger partial charge in [0.1, 0.15) is 0 Å². The highest BCUT2D eigenvalue weighted by atomic mass is 16.5. The summed E-state index contributed by atoms with van der Waals surface area (Å²) in [5.41, 5.74) is 5.71. The first-order valence-electron chi connectivity index (χ1n) is 15.0. The lowest BCUT2D eigenvalue weighted by Crippen LogP contribution is -2.44. The third-order valence-corrected chi connectivity index (χ3v) is 8.96. The fourth-order valence-electron chi connectivity index (χ4n) is 5.68. The molecule has 4 heterocycles. The number of ether oxygens (including phenoxy) is 1. The monoisotopic (exact) mass is 570 g/mol. The molecular formula is C32H42N8O2. The van der Waals surface area contributed by atoms with Gasteiger partial charge >= 0.3 is 0 Å². The van der Waals surface area contributed by atoms with Crippen LogP contribution in [0.5, 0.6) is 5.88 Å². The Labute approximate surface area is 248 Å². The third-order valence-electron chi connectivity index (χ3n) is 8.96. The number of pyridine rings is 1. The molecule has 6 rings (SSSR count). The molecule has 1 saturated carbocycles. The van der Waals surface area contributed by atoms with E-state index in [0.717, 1.165) is 54.3 Å². The van der Waals surface area contributed by atoms with E-state index in [1.807, 2.05) is 14.0 Å². The lowest BCUT2D eigenvalue weighted by molar-refractivity contribution is 0.100. The highest BCUT2D eigenvalue weighted by Crippen LogP contribution is 2.43. The smallest absolute Gasteiger partial charge is 0.280 e. The number of hydrogen-bond donors (Lipinski definition) is 2. The number of guanidine groups is 1. The number of rotatable bonds is 5. The second-order valence-electron chi connectivity index (χ2n) is 12.7. The maximum Gasteiger partial charge on any atom is 0.280 e. The van der Waals surface area contributed by atoms with Gasteiger partial charge in [0, 0.05) is 42.6 Å². The first-order valence-corrected chi connectivity index (χ1v) is 15.0. The molecular weight excluding hydrogens is 528 g/mol. The zero-order valence-corrected chi connectivity index (χ0v) is 25.6. The molecule has 2 bridgehead atoms. The summed E-state index contributed by atoms with van der Waals surface area (Å²) in [6.45, 7) is 8.53. The number of aliphatic imine (C=N–C) groups is 1. The number of nitrogens with zero attached hydrogens (tertiary/aromatic N) is 6. The summed E-state index contributed by atoms with van der Waals surface area (Å²) in [6, 6.07) is 9.93. The Hall–Kier alpha value is -3.92. The van der Waals surface area contributed by atoms with Crippen LogP contribution in [0, 0.1) is 18.8 Å². The van der Waals surface area contributed by atoms with Crippen molar-refractivity contribution >= 4 is 28.9 Å². The number of hydrogen-bond acceptors (Lipinski definition) is 8. The van der Waals surface area contributed by atoms with E-state index in [0.29, 0.717) is 41.5 Å². The highest BCUT2D eigenvalue weighted by molar-refractivity contribution is 6.19. The molecule has 1 aliphatic carbocycles. The van der Waals surface area contributed by atoms with Gasteiger partial charge in [0.15, 0.2) is 0 Å². The lowest BCUT2D eigenvalue weighted by atomic mass is 9.97. The summed E-state index contributed by atoms with van der Waals surface area (Å²) in [5.74, 6) is 2.09. The molecule has 10 heteroatoms. The first-order chi connectivity index (χ1) is 20.1. The van der Waals surface area contributed by atoms with Gasteiger partial charge in [-0.25, -0.2) is 4.68 Å². The summed E-state index contributed by atoms with van der Waals surface area (Å²) in [6.07, 6.45) is 6.21. The summed E-state index contributed by atoms with van der Waals surface area (Å²) in [4.78, 5) is 27.5. The van der Waals surface area contributed by atoms with E-state index in [4.69, 9.17) is 9.72 Å². The van der Waals surface area contributed by atoms with Crippen molar-refractivity contribution in [2.24, 2.45) is 23.9 Å². The van der Waals surface area contributed by atoms with E-state index < -0.39 is 0 Å². The van der Waals surface area contributed by atoms with Crippen LogP contribution in [-0.4, -0.2) is 70.9 Å². The van der Waals surface area contributed by atoms with Crippen LogP contribution in [0.2, 0.25) is 0 Å². The Morgan fingerprint density at radius 2 is 1.95 bits per heavy atom. The SMILES string of the molecule is Cc1cc2cc(n1)-c1cnn(C)c1OCCCC(C1CC1)CN1/C(=N/C2=O)Nc2ccc(NCC(C)(C)N(C)C)cc21. The number of nitrogens with one attached hydrogen (secondary N) is 2. The molecule has 2 aliphatic heterocycles. The maximum atomic E-state index is 13.7. The van der Waals surface area contributed by atoms with Gasteiger partial charge in [-0.05, 0) is 103 Å². The minimum atomic E-state index is -0.308. The fraction of sp³-hybridized carbons (Fsp3) is 0.500. The minimum Gasteiger partial charge on any atom is -0.477 e. The van der Waals surface area contributed by atoms with Crippen LogP contribution in [0.3, 0.4) is 0 Å². The summed E-state index contributed by atoms with van der Waals surface area (Å²) >= 11 is 0. The van der Waals surface area contributed by atoms with Crippen LogP contribution in [0.15, 0.2) is 41.5 Å². The molecule has 1 amide bonds. The Morgan fingerprint density at radius 3 is 2.71 bits per heavy atom. The Bertz CT molecular complexity index is 1520. The summed E-state index contributed by atoms with van der Waals surface area (Å²) in [7, 11) is 6.07. The van der Waals surface area contributed by atoms with Crippen molar-refractivity contribution in [1.82, 2.24) is 19.7 Å². The molecule has 0 radical (unpaired) electrons. The van der Waals surface area contributed by atoms with Crippen molar-refractivity contribution in [2.45, 2.75) is 52.0 Å². The standard InChI is InChI=1S/C32H42N8O2/c1-20-14-23-15-27(35-20)25-17-34-39(6)30(25)42-13-7-8-22(21-9-10-21)18-40-28-16-24(33-19-32(2,3)38(4)5)11-12-26(28)36-31(40)37-29(23)41/h11-12,14-17,21-22,33H,7-10,13,18-19H2,1-6H3,(H,36,37,41). The summed E-state index contributed by atoms with van der Waals surface area (Å²) in [5, 5.41) is 11.5. The van der Waals surface area contributed by atoms with E-state index in [9.17, 15) is 4.79 Å². The Balaban J connectivity index is 1.37. The average Bonchev–Trinajstić information content (AvgIpc) is 3.65. The number of aryl methyl sites for hydroxylation is 2. The molecule has 1 atom stereocenters. The van der Waals surface area contributed by atoms with Crippen molar-refractivity contribution in [1.29, 1.82) is 0 Å². The van der Waals surface area contributed by atoms with Gasteiger partial charge in [0.05, 0.1) is 35.4 Å². The number of amides is 1. The van der Waals surface area contributed by atoms with Crippen LogP contribution in [-0.2, 0) is 7.05 Å². The van der Waals surface area contributed by atoms with Gasteiger partial charge in [-0.2, -0.15) is 10.1 Å². The van der Waals surface area contributed by atoms with Gasteiger partial charge in [-0.1, -0.05) is 0 Å². The number of carbonyl (C=O) groups excluding carboxylic acids is 1. The zero-order chi connectivity index (χ0) is 29.6. The lowest BCUT2D eigenvalue weighted by Gasteiger charge is -2.33. The predicted molar refractivity (Wildman–Crippen MR) is 168 cm³/mol. The van der Waals surface area contributed by atoms with E-state index >= 15 is 0 Å². The zero-order valence-electron chi connectivity index (χ0n) is 25.6. The molecule has 3 aliphatic rings. The minimum absolute atomic E-state index is 0.00389. The van der Waals surface area contributed by atoms with Crippen LogP contribution in [0.1, 0.15) is 55.6 Å². The quantitative estimate of drug-likeness (QED) is 0.434. The molecule has 222 valence electrons. The van der Waals surface area contributed by atoms with Crippen molar-refractivity contribution in [2.75, 3.05) is 49.3 Å². The van der Waals surface area contributed by atoms with Crippen molar-refractivity contribution in [3.63, 3.8) is 0 Å². The van der Waals surface area contributed by atoms with Crippen LogP contribution < -0.4 is 20.3 Å². The van der Waals surface area contributed by atoms with E-state index in [-0.39, 0.29) is 11.4 Å². The number of benzene rings is 1. The predicted octanol–water partition coefficient (Wildman–Crippen LogP) is 5.17. The second kappa shape index (κ2) is 11.1. The Kier molecular flexibility index (Phi) is 7.43. The number of carbonyl (C=O) groups is 1. The van der Waals surface area contributed by atoms with Crippen LogP contribution >= 0.6 is 0 Å². The van der Waals surface area contributed by atoms with Gasteiger partial charge in [0.25, 0.3) is 5.91 Å². The van der Waals surface area contributed by atoms with Gasteiger partial charge < -0.3 is 25.2 Å². The van der Waals surface area contributed by atoms with E-state index in [1.54, 1.807) is 23.0 Å². The summed E-state index contributed by atoms with van der Waals surface area (Å²) < 4.78 is 8.02. The Morgan fingerprint density at radius 1 is 1.14 bits per heavy atom. The molecule has 0 spiro atoms. The molecule has 1 fully saturated rings. The second-order valence-corrected chi connectivity index (χ2v) is 12.7. The largest absolute Gasteiger partial charge is 0.477 e. The number of likely N-dealkylation sites (N-methyl/N-ethyl adjacent to an activating group) is 1. The van der Waals surface area contributed by atoms with Crippen LogP contribution in [0.25, 0.3) is 11.3 Å². The van der Waals surface area contributed by atoms with Crippen LogP contribution in [0.4, 0.5) is 17.1 Å². The molecule has 2 N–H and O–H groups in total. The van der Waals surface area contributed by atoms with Gasteiger partial charge in [-0.15, -0.1) is 0 Å². The van der Waals surface area contributed by atoms with Gasteiger partial charge in [-0.3, -0.25) is 9.78 Å². The molecule has 1 aromatic carbocycles. The fourth-order valence-corrected chi connectivity index (χ4v) is 5.68. The van der Waals surface area contributed by atoms with Crippen molar-refractivity contribution < 1.29 is 9.53 Å². The van der Waals surface area contributed by atoms with Gasteiger partial charge in [0.2, 0.25) is 11.8 Å². The normalized spacial score (nSPS) is 20.4. The molecule has 0 saturated heterocycles. The van der Waals surface area contributed by atoms with Crippen molar-refractivity contribution in [3.8, 4) is 17.1 Å². The van der Waals surface area contributed by atoms with Crippen molar-refractivity contribution in [3.05, 3.63) is 47.8 Å². The van der Waals surface area contributed by atoms with E-state index in [2.05, 4.69) is 76.7 Å². The number of aromatic nitrogens is 3. The average molecular weight is 571 g/mol. The molecule has 2 aromatic heterocycles. The number of fused-ring (bicyclic) bond motifs is 7. The maximum absolute atomic E-state index is 13.7. The number of anilines is 3. The highest BCUT2D eigenvalue weighted by Gasteiger charge is 2.36.